The Balaban J connectivity index is 3.27. The van der Waals surface area contributed by atoms with Crippen molar-refractivity contribution in [2.24, 2.45) is 0 Å². The first kappa shape index (κ1) is 6.61. The van der Waals surface area contributed by atoms with Crippen molar-refractivity contribution in [2.45, 2.75) is 0 Å². The fraction of sp³-hybridized carbons (Fsp3) is 0. The van der Waals surface area contributed by atoms with Crippen LogP contribution in [0.5, 0.6) is 0 Å². The molecule has 0 heterocycles. The molecule has 1 radical (unpaired) electrons. The molecule has 1 aromatic rings. The van der Waals surface area contributed by atoms with E-state index in [1.54, 1.807) is 24.5 Å². The SMILES string of the molecule is Nc1cccc([C]=O)c1N. The van der Waals surface area contributed by atoms with Crippen LogP contribution in [-0.2, 0) is 4.79 Å². The Morgan fingerprint density at radius 3 is 2.50 bits per heavy atom. The quantitative estimate of drug-likeness (QED) is 0.544. The molecule has 0 aliphatic rings. The minimum Gasteiger partial charge on any atom is -0.397 e. The highest BCUT2D eigenvalue weighted by Gasteiger charge is 1.99. The molecule has 0 fully saturated rings. The van der Waals surface area contributed by atoms with Crippen LogP contribution in [0.15, 0.2) is 18.2 Å². The molecule has 0 unspecified atom stereocenters. The Kier molecular flexibility index (Phi) is 1.58. The van der Waals surface area contributed by atoms with Crippen LogP contribution in [0.2, 0.25) is 0 Å². The molecule has 1 aromatic carbocycles. The van der Waals surface area contributed by atoms with Gasteiger partial charge in [0, 0.05) is 0 Å². The largest absolute Gasteiger partial charge is 0.397 e. The standard InChI is InChI=1S/C7H7N2O/c8-6-3-1-2-5(4-10)7(6)9/h1-3H,8-9H2. The zero-order valence-corrected chi connectivity index (χ0v) is 5.29. The van der Waals surface area contributed by atoms with Crippen molar-refractivity contribution < 1.29 is 4.79 Å². The van der Waals surface area contributed by atoms with Gasteiger partial charge in [-0.2, -0.15) is 0 Å². The zero-order valence-electron chi connectivity index (χ0n) is 5.29. The van der Waals surface area contributed by atoms with Crippen molar-refractivity contribution in [3.63, 3.8) is 0 Å². The Hall–Kier alpha value is -1.51. The lowest BCUT2D eigenvalue weighted by Gasteiger charge is -1.99. The molecule has 0 aromatic heterocycles. The molecule has 0 saturated heterocycles. The summed E-state index contributed by atoms with van der Waals surface area (Å²) in [5, 5.41) is 0. The summed E-state index contributed by atoms with van der Waals surface area (Å²) in [4.78, 5) is 10.1. The van der Waals surface area contributed by atoms with E-state index in [2.05, 4.69) is 0 Å². The number of nitrogen functional groups attached to an aromatic ring is 2. The number of para-hydroxylation sites is 1. The number of hydrogen-bond donors (Lipinski definition) is 2. The number of benzene rings is 1. The summed E-state index contributed by atoms with van der Waals surface area (Å²) < 4.78 is 0. The van der Waals surface area contributed by atoms with Crippen molar-refractivity contribution >= 4 is 17.7 Å². The van der Waals surface area contributed by atoms with Crippen LogP contribution in [0.3, 0.4) is 0 Å². The molecule has 0 saturated carbocycles. The number of hydrogen-bond acceptors (Lipinski definition) is 3. The maximum Gasteiger partial charge on any atom is 0.235 e. The number of carbonyl (C=O) groups excluding carboxylic acids is 1. The van der Waals surface area contributed by atoms with Crippen molar-refractivity contribution in [1.29, 1.82) is 0 Å². The fourth-order valence-electron chi connectivity index (χ4n) is 0.672. The molecule has 0 aliphatic heterocycles. The lowest BCUT2D eigenvalue weighted by atomic mass is 10.2. The van der Waals surface area contributed by atoms with Crippen LogP contribution in [0.1, 0.15) is 5.56 Å². The normalized spacial score (nSPS) is 9.20. The van der Waals surface area contributed by atoms with Crippen molar-refractivity contribution in [1.82, 2.24) is 0 Å². The van der Waals surface area contributed by atoms with Gasteiger partial charge in [0.2, 0.25) is 6.29 Å². The summed E-state index contributed by atoms with van der Waals surface area (Å²) in [6.07, 6.45) is 1.68. The second kappa shape index (κ2) is 2.39. The summed E-state index contributed by atoms with van der Waals surface area (Å²) >= 11 is 0. The molecule has 3 nitrogen and oxygen atoms in total. The lowest BCUT2D eigenvalue weighted by Crippen LogP contribution is -1.98. The van der Waals surface area contributed by atoms with Gasteiger partial charge in [-0.05, 0) is 12.1 Å². The first-order valence-electron chi connectivity index (χ1n) is 2.78. The van der Waals surface area contributed by atoms with Crippen molar-refractivity contribution in [3.05, 3.63) is 23.8 Å². The van der Waals surface area contributed by atoms with Crippen LogP contribution in [0.25, 0.3) is 0 Å². The molecular formula is C7H7N2O. The van der Waals surface area contributed by atoms with Gasteiger partial charge in [-0.3, -0.25) is 4.79 Å². The summed E-state index contributed by atoms with van der Waals surface area (Å²) in [6.45, 7) is 0. The highest BCUT2D eigenvalue weighted by Crippen LogP contribution is 2.16. The van der Waals surface area contributed by atoms with Gasteiger partial charge in [-0.25, -0.2) is 0 Å². The third-order valence-corrected chi connectivity index (χ3v) is 1.25. The molecule has 10 heavy (non-hydrogen) atoms. The Bertz CT molecular complexity index is 258. The van der Waals surface area contributed by atoms with Gasteiger partial charge in [-0.1, -0.05) is 6.07 Å². The molecule has 0 amide bonds. The summed E-state index contributed by atoms with van der Waals surface area (Å²) in [5.41, 5.74) is 11.8. The predicted molar refractivity (Wildman–Crippen MR) is 40.1 cm³/mol. The van der Waals surface area contributed by atoms with E-state index in [1.165, 1.54) is 0 Å². The van der Waals surface area contributed by atoms with Crippen LogP contribution in [0.4, 0.5) is 11.4 Å². The molecule has 1 rings (SSSR count). The number of rotatable bonds is 1. The van der Waals surface area contributed by atoms with E-state index in [1.807, 2.05) is 0 Å². The second-order valence-corrected chi connectivity index (χ2v) is 1.91. The number of anilines is 2. The van der Waals surface area contributed by atoms with E-state index < -0.39 is 0 Å². The first-order valence-corrected chi connectivity index (χ1v) is 2.78. The van der Waals surface area contributed by atoms with Crippen LogP contribution >= 0.6 is 0 Å². The van der Waals surface area contributed by atoms with E-state index >= 15 is 0 Å². The fourth-order valence-corrected chi connectivity index (χ4v) is 0.672. The van der Waals surface area contributed by atoms with Gasteiger partial charge < -0.3 is 11.5 Å². The van der Waals surface area contributed by atoms with Gasteiger partial charge in [-0.15, -0.1) is 0 Å². The molecule has 0 atom stereocenters. The van der Waals surface area contributed by atoms with Crippen molar-refractivity contribution in [2.75, 3.05) is 11.5 Å². The molecule has 51 valence electrons. The third-order valence-electron chi connectivity index (χ3n) is 1.25. The molecule has 3 heteroatoms. The van der Waals surface area contributed by atoms with Crippen molar-refractivity contribution in [3.8, 4) is 0 Å². The highest BCUT2D eigenvalue weighted by molar-refractivity contribution is 5.88. The summed E-state index contributed by atoms with van der Waals surface area (Å²) in [5.74, 6) is 0. The van der Waals surface area contributed by atoms with Crippen LogP contribution in [-0.4, -0.2) is 6.29 Å². The predicted octanol–water partition coefficient (Wildman–Crippen LogP) is 0.309. The highest BCUT2D eigenvalue weighted by atomic mass is 16.1. The topological polar surface area (TPSA) is 69.1 Å². The maximum absolute atomic E-state index is 10.1. The van der Waals surface area contributed by atoms with Crippen LogP contribution in [0, 0.1) is 0 Å². The van der Waals surface area contributed by atoms with E-state index in [0.717, 1.165) is 0 Å². The first-order chi connectivity index (χ1) is 4.75. The van der Waals surface area contributed by atoms with E-state index in [-0.39, 0.29) is 0 Å². The molecular weight excluding hydrogens is 128 g/mol. The Labute approximate surface area is 58.6 Å². The molecule has 0 bridgehead atoms. The van der Waals surface area contributed by atoms with E-state index in [0.29, 0.717) is 16.9 Å². The molecule has 0 aliphatic carbocycles. The van der Waals surface area contributed by atoms with Crippen LogP contribution < -0.4 is 11.5 Å². The van der Waals surface area contributed by atoms with E-state index in [4.69, 9.17) is 11.5 Å². The van der Waals surface area contributed by atoms with Gasteiger partial charge in [0.15, 0.2) is 0 Å². The summed E-state index contributed by atoms with van der Waals surface area (Å²) in [6, 6.07) is 4.86. The third kappa shape index (κ3) is 0.932. The minimum absolute atomic E-state index is 0.303. The maximum atomic E-state index is 10.1. The average Bonchev–Trinajstić information content (AvgIpc) is 1.95. The monoisotopic (exact) mass is 135 g/mol. The zero-order chi connectivity index (χ0) is 7.56. The van der Waals surface area contributed by atoms with E-state index in [9.17, 15) is 4.79 Å². The van der Waals surface area contributed by atoms with Gasteiger partial charge in [0.1, 0.15) is 0 Å². The Morgan fingerprint density at radius 2 is 2.00 bits per heavy atom. The van der Waals surface area contributed by atoms with Gasteiger partial charge in [0.25, 0.3) is 0 Å². The van der Waals surface area contributed by atoms with Gasteiger partial charge in [0.05, 0.1) is 16.9 Å². The minimum atomic E-state index is 0.303. The summed E-state index contributed by atoms with van der Waals surface area (Å²) in [7, 11) is 0. The Morgan fingerprint density at radius 1 is 1.30 bits per heavy atom. The second-order valence-electron chi connectivity index (χ2n) is 1.91. The lowest BCUT2D eigenvalue weighted by molar-refractivity contribution is 0.563. The smallest absolute Gasteiger partial charge is 0.235 e. The van der Waals surface area contributed by atoms with Gasteiger partial charge >= 0.3 is 0 Å². The number of nitrogens with two attached hydrogens (primary N) is 2. The molecule has 4 N–H and O–H groups in total. The average molecular weight is 135 g/mol. The molecule has 0 spiro atoms.